The second-order valence-electron chi connectivity index (χ2n) is 2.95. The van der Waals surface area contributed by atoms with Gasteiger partial charge in [0.1, 0.15) is 0 Å². The summed E-state index contributed by atoms with van der Waals surface area (Å²) < 4.78 is 0. The average molecular weight is 137 g/mol. The number of terminal acetylenes is 1. The highest BCUT2D eigenvalue weighted by Gasteiger charge is 2.20. The van der Waals surface area contributed by atoms with Crippen LogP contribution < -0.4 is 5.32 Å². The Morgan fingerprint density at radius 2 is 2.10 bits per heavy atom. The predicted octanol–water partition coefficient (Wildman–Crippen LogP) is 1.40. The monoisotopic (exact) mass is 137 g/mol. The van der Waals surface area contributed by atoms with E-state index < -0.39 is 0 Å². The molecule has 10 heavy (non-hydrogen) atoms. The number of hydrogen-bond acceptors (Lipinski definition) is 1. The first-order valence-corrected chi connectivity index (χ1v) is 4.02. The molecule has 0 heterocycles. The van der Waals surface area contributed by atoms with Crippen molar-refractivity contribution in [3.8, 4) is 12.3 Å². The molecule has 1 saturated carbocycles. The molecule has 0 bridgehead atoms. The van der Waals surface area contributed by atoms with Crippen LogP contribution in [0.2, 0.25) is 0 Å². The van der Waals surface area contributed by atoms with Crippen LogP contribution in [-0.2, 0) is 0 Å². The molecule has 1 aliphatic rings. The summed E-state index contributed by atoms with van der Waals surface area (Å²) in [4.78, 5) is 0. The van der Waals surface area contributed by atoms with Gasteiger partial charge in [-0.25, -0.2) is 0 Å². The van der Waals surface area contributed by atoms with E-state index in [1.807, 2.05) is 7.05 Å². The van der Waals surface area contributed by atoms with E-state index in [0.717, 1.165) is 0 Å². The molecule has 1 N–H and O–H groups in total. The van der Waals surface area contributed by atoms with E-state index in [1.165, 1.54) is 25.7 Å². The zero-order valence-corrected chi connectivity index (χ0v) is 6.56. The zero-order chi connectivity index (χ0) is 7.40. The summed E-state index contributed by atoms with van der Waals surface area (Å²) in [6.45, 7) is 0. The lowest BCUT2D eigenvalue weighted by Crippen LogP contribution is -2.35. The van der Waals surface area contributed by atoms with Gasteiger partial charge in [-0.05, 0) is 19.9 Å². The number of rotatable bonds is 1. The summed E-state index contributed by atoms with van der Waals surface area (Å²) >= 11 is 0. The van der Waals surface area contributed by atoms with Crippen LogP contribution in [0.25, 0.3) is 0 Å². The third kappa shape index (κ3) is 1.52. The molecule has 1 heteroatoms. The van der Waals surface area contributed by atoms with Gasteiger partial charge >= 0.3 is 0 Å². The Morgan fingerprint density at radius 3 is 2.60 bits per heavy atom. The van der Waals surface area contributed by atoms with Gasteiger partial charge in [-0.3, -0.25) is 0 Å². The maximum atomic E-state index is 5.38. The number of hydrogen-bond donors (Lipinski definition) is 1. The standard InChI is InChI=1S/C9H15N/c1-3-8-6-4-5-7-9(8)10-2/h1,8-10H,4-7H2,2H3/t8?,9-/m1/s1. The molecular formula is C9H15N. The van der Waals surface area contributed by atoms with Crippen molar-refractivity contribution < 1.29 is 0 Å². The first-order chi connectivity index (χ1) is 4.88. The molecule has 1 unspecified atom stereocenters. The van der Waals surface area contributed by atoms with Gasteiger partial charge in [-0.15, -0.1) is 12.3 Å². The van der Waals surface area contributed by atoms with Crippen LogP contribution in [0.3, 0.4) is 0 Å². The quantitative estimate of drug-likeness (QED) is 0.539. The molecule has 1 fully saturated rings. The van der Waals surface area contributed by atoms with E-state index in [-0.39, 0.29) is 0 Å². The molecule has 1 aliphatic carbocycles. The molecule has 56 valence electrons. The van der Waals surface area contributed by atoms with Crippen molar-refractivity contribution in [1.82, 2.24) is 5.32 Å². The Labute approximate surface area is 63.2 Å². The average Bonchev–Trinajstić information content (AvgIpc) is 2.04. The maximum absolute atomic E-state index is 5.38. The largest absolute Gasteiger partial charge is 0.316 e. The van der Waals surface area contributed by atoms with Crippen LogP contribution in [0.5, 0.6) is 0 Å². The van der Waals surface area contributed by atoms with Gasteiger partial charge in [0, 0.05) is 12.0 Å². The predicted molar refractivity (Wildman–Crippen MR) is 43.6 cm³/mol. The molecular weight excluding hydrogens is 122 g/mol. The lowest BCUT2D eigenvalue weighted by Gasteiger charge is -2.27. The van der Waals surface area contributed by atoms with E-state index in [0.29, 0.717) is 12.0 Å². The molecule has 0 aromatic heterocycles. The van der Waals surface area contributed by atoms with E-state index >= 15 is 0 Å². The molecule has 2 atom stereocenters. The molecule has 0 aliphatic heterocycles. The van der Waals surface area contributed by atoms with Crippen LogP contribution in [0, 0.1) is 18.3 Å². The van der Waals surface area contributed by atoms with Crippen molar-refractivity contribution >= 4 is 0 Å². The molecule has 1 nitrogen and oxygen atoms in total. The fourth-order valence-corrected chi connectivity index (χ4v) is 1.68. The van der Waals surface area contributed by atoms with E-state index in [2.05, 4.69) is 11.2 Å². The number of nitrogens with one attached hydrogen (secondary N) is 1. The lowest BCUT2D eigenvalue weighted by molar-refractivity contribution is 0.331. The summed E-state index contributed by atoms with van der Waals surface area (Å²) in [6, 6.07) is 0.582. The van der Waals surface area contributed by atoms with Crippen molar-refractivity contribution in [3.05, 3.63) is 0 Å². The van der Waals surface area contributed by atoms with Crippen LogP contribution in [-0.4, -0.2) is 13.1 Å². The van der Waals surface area contributed by atoms with Gasteiger partial charge < -0.3 is 5.32 Å². The Hall–Kier alpha value is -0.480. The molecule has 0 saturated heterocycles. The van der Waals surface area contributed by atoms with E-state index in [9.17, 15) is 0 Å². The summed E-state index contributed by atoms with van der Waals surface area (Å²) in [7, 11) is 2.00. The van der Waals surface area contributed by atoms with E-state index in [4.69, 9.17) is 6.42 Å². The van der Waals surface area contributed by atoms with Crippen molar-refractivity contribution in [2.75, 3.05) is 7.05 Å². The minimum atomic E-state index is 0.485. The second-order valence-corrected chi connectivity index (χ2v) is 2.95. The maximum Gasteiger partial charge on any atom is 0.0353 e. The summed E-state index contributed by atoms with van der Waals surface area (Å²) in [5.74, 6) is 3.33. The van der Waals surface area contributed by atoms with Gasteiger partial charge in [0.2, 0.25) is 0 Å². The summed E-state index contributed by atoms with van der Waals surface area (Å²) in [5.41, 5.74) is 0. The van der Waals surface area contributed by atoms with Crippen molar-refractivity contribution in [2.24, 2.45) is 5.92 Å². The summed E-state index contributed by atoms with van der Waals surface area (Å²) in [5, 5.41) is 3.26. The first kappa shape index (κ1) is 7.63. The van der Waals surface area contributed by atoms with Crippen LogP contribution in [0.4, 0.5) is 0 Å². The van der Waals surface area contributed by atoms with E-state index in [1.54, 1.807) is 0 Å². The fourth-order valence-electron chi connectivity index (χ4n) is 1.68. The normalized spacial score (nSPS) is 33.2. The Morgan fingerprint density at radius 1 is 1.40 bits per heavy atom. The summed E-state index contributed by atoms with van der Waals surface area (Å²) in [6.07, 6.45) is 10.5. The van der Waals surface area contributed by atoms with Crippen molar-refractivity contribution in [3.63, 3.8) is 0 Å². The minimum Gasteiger partial charge on any atom is -0.316 e. The lowest BCUT2D eigenvalue weighted by atomic mass is 9.85. The topological polar surface area (TPSA) is 12.0 Å². The molecule has 0 amide bonds. The molecule has 0 radical (unpaired) electrons. The Kier molecular flexibility index (Phi) is 2.77. The third-order valence-electron chi connectivity index (χ3n) is 2.35. The SMILES string of the molecule is C#CC1CCCC[C@H]1NC. The minimum absolute atomic E-state index is 0.485. The van der Waals surface area contributed by atoms with Crippen molar-refractivity contribution in [2.45, 2.75) is 31.7 Å². The molecule has 0 aromatic rings. The highest BCUT2D eigenvalue weighted by atomic mass is 14.9. The van der Waals surface area contributed by atoms with Gasteiger partial charge in [0.15, 0.2) is 0 Å². The smallest absolute Gasteiger partial charge is 0.0353 e. The molecule has 0 spiro atoms. The first-order valence-electron chi connectivity index (χ1n) is 4.02. The van der Waals surface area contributed by atoms with Gasteiger partial charge in [-0.2, -0.15) is 0 Å². The highest BCUT2D eigenvalue weighted by Crippen LogP contribution is 2.22. The van der Waals surface area contributed by atoms with Gasteiger partial charge in [0.05, 0.1) is 0 Å². The van der Waals surface area contributed by atoms with Gasteiger partial charge in [0.25, 0.3) is 0 Å². The zero-order valence-electron chi connectivity index (χ0n) is 6.56. The van der Waals surface area contributed by atoms with Crippen LogP contribution in [0.1, 0.15) is 25.7 Å². The highest BCUT2D eigenvalue weighted by molar-refractivity contribution is 5.00. The Bertz CT molecular complexity index is 134. The Balaban J connectivity index is 2.44. The van der Waals surface area contributed by atoms with Crippen LogP contribution in [0.15, 0.2) is 0 Å². The van der Waals surface area contributed by atoms with Crippen molar-refractivity contribution in [1.29, 1.82) is 0 Å². The molecule has 0 aromatic carbocycles. The van der Waals surface area contributed by atoms with Crippen LogP contribution >= 0.6 is 0 Å². The third-order valence-corrected chi connectivity index (χ3v) is 2.35. The molecule has 1 rings (SSSR count). The second kappa shape index (κ2) is 3.63. The fraction of sp³-hybridized carbons (Fsp3) is 0.778. The van der Waals surface area contributed by atoms with Gasteiger partial charge in [-0.1, -0.05) is 12.8 Å².